The molecule has 0 amide bonds. The van der Waals surface area contributed by atoms with Crippen molar-refractivity contribution in [3.8, 4) is 0 Å². The molecule has 21 heavy (non-hydrogen) atoms. The minimum Gasteiger partial charge on any atom is -0.478 e. The molecule has 0 spiro atoms. The van der Waals surface area contributed by atoms with Crippen LogP contribution in [0.3, 0.4) is 0 Å². The van der Waals surface area contributed by atoms with E-state index in [0.29, 0.717) is 6.54 Å². The number of hydrogen-bond donors (Lipinski definition) is 2. The number of carboxylic acid groups (broad SMARTS) is 1. The van der Waals surface area contributed by atoms with Crippen molar-refractivity contribution in [1.82, 2.24) is 19.5 Å². The molecular formula is C12H14N4O4S. The smallest absolute Gasteiger partial charge is 0.337 e. The second kappa shape index (κ2) is 6.02. The average Bonchev–Trinajstić information content (AvgIpc) is 2.84. The first-order chi connectivity index (χ1) is 9.88. The van der Waals surface area contributed by atoms with E-state index >= 15 is 0 Å². The van der Waals surface area contributed by atoms with Crippen molar-refractivity contribution in [2.75, 3.05) is 6.54 Å². The number of nitrogens with one attached hydrogen (secondary N) is 1. The van der Waals surface area contributed by atoms with Crippen LogP contribution in [0, 0.1) is 6.92 Å². The summed E-state index contributed by atoms with van der Waals surface area (Å²) in [6.07, 6.45) is 4.49. The van der Waals surface area contributed by atoms with E-state index < -0.39 is 16.0 Å². The van der Waals surface area contributed by atoms with Gasteiger partial charge in [-0.05, 0) is 24.6 Å². The van der Waals surface area contributed by atoms with Gasteiger partial charge in [-0.25, -0.2) is 22.9 Å². The zero-order valence-electron chi connectivity index (χ0n) is 11.2. The predicted octanol–water partition coefficient (Wildman–Crippen LogP) is 0.263. The number of hydrogen-bond acceptors (Lipinski definition) is 5. The Morgan fingerprint density at radius 2 is 2.14 bits per heavy atom. The fourth-order valence-electron chi connectivity index (χ4n) is 1.62. The van der Waals surface area contributed by atoms with E-state index in [2.05, 4.69) is 14.8 Å². The van der Waals surface area contributed by atoms with Crippen molar-refractivity contribution in [3.05, 3.63) is 41.9 Å². The van der Waals surface area contributed by atoms with Gasteiger partial charge in [0.15, 0.2) is 5.03 Å². The van der Waals surface area contributed by atoms with Crippen LogP contribution in [0.25, 0.3) is 0 Å². The molecule has 8 nitrogen and oxygen atoms in total. The highest BCUT2D eigenvalue weighted by Crippen LogP contribution is 2.06. The molecule has 0 radical (unpaired) electrons. The standard InChI is InChI=1S/C12H14N4O4S/c1-9-6-14-16(8-9)5-4-15-21(19,20)11-3-2-10(7-13-11)12(17)18/h2-3,6-8,15H,4-5H2,1H3,(H,17,18). The number of pyridine rings is 1. The molecule has 0 aliphatic carbocycles. The second-order valence-electron chi connectivity index (χ2n) is 4.37. The van der Waals surface area contributed by atoms with Gasteiger partial charge in [0.1, 0.15) is 0 Å². The molecule has 0 unspecified atom stereocenters. The Labute approximate surface area is 121 Å². The molecular weight excluding hydrogens is 296 g/mol. The van der Waals surface area contributed by atoms with Gasteiger partial charge < -0.3 is 5.11 Å². The first-order valence-corrected chi connectivity index (χ1v) is 7.55. The third-order valence-electron chi connectivity index (χ3n) is 2.65. The molecule has 0 saturated carbocycles. The third kappa shape index (κ3) is 3.86. The van der Waals surface area contributed by atoms with Crippen molar-refractivity contribution < 1.29 is 18.3 Å². The molecule has 0 aromatic carbocycles. The third-order valence-corrected chi connectivity index (χ3v) is 4.03. The largest absolute Gasteiger partial charge is 0.478 e. The Morgan fingerprint density at radius 1 is 1.38 bits per heavy atom. The van der Waals surface area contributed by atoms with Crippen LogP contribution in [0.2, 0.25) is 0 Å². The van der Waals surface area contributed by atoms with E-state index in [1.807, 2.05) is 6.92 Å². The van der Waals surface area contributed by atoms with E-state index in [1.165, 1.54) is 6.07 Å². The summed E-state index contributed by atoms with van der Waals surface area (Å²) >= 11 is 0. The maximum Gasteiger partial charge on any atom is 0.337 e. The molecule has 0 aliphatic heterocycles. The van der Waals surface area contributed by atoms with Crippen molar-refractivity contribution in [3.63, 3.8) is 0 Å². The van der Waals surface area contributed by atoms with Crippen LogP contribution in [0.5, 0.6) is 0 Å². The predicted molar refractivity (Wildman–Crippen MR) is 73.3 cm³/mol. The van der Waals surface area contributed by atoms with Crippen LogP contribution in [0.4, 0.5) is 0 Å². The van der Waals surface area contributed by atoms with Crippen LogP contribution in [0.1, 0.15) is 15.9 Å². The van der Waals surface area contributed by atoms with Crippen LogP contribution in [-0.4, -0.2) is 40.8 Å². The summed E-state index contributed by atoms with van der Waals surface area (Å²) in [7, 11) is -3.76. The summed E-state index contributed by atoms with van der Waals surface area (Å²) in [6, 6.07) is 2.35. The molecule has 9 heteroatoms. The topological polar surface area (TPSA) is 114 Å². The molecule has 0 fully saturated rings. The first kappa shape index (κ1) is 15.1. The van der Waals surface area contributed by atoms with Crippen LogP contribution < -0.4 is 4.72 Å². The zero-order chi connectivity index (χ0) is 15.5. The summed E-state index contributed by atoms with van der Waals surface area (Å²) < 4.78 is 27.9. The second-order valence-corrected chi connectivity index (χ2v) is 6.08. The van der Waals surface area contributed by atoms with Gasteiger partial charge in [0.2, 0.25) is 0 Å². The van der Waals surface area contributed by atoms with Gasteiger partial charge in [0, 0.05) is 18.9 Å². The molecule has 0 atom stereocenters. The number of rotatable bonds is 6. The maximum absolute atomic E-state index is 12.0. The molecule has 2 rings (SSSR count). The summed E-state index contributed by atoms with van der Waals surface area (Å²) in [5.41, 5.74) is 0.921. The summed E-state index contributed by atoms with van der Waals surface area (Å²) in [4.78, 5) is 14.3. The number of aromatic carboxylic acids is 1. The number of aryl methyl sites for hydroxylation is 1. The number of carboxylic acids is 1. The normalized spacial score (nSPS) is 11.5. The fraction of sp³-hybridized carbons (Fsp3) is 0.250. The summed E-state index contributed by atoms with van der Waals surface area (Å²) in [6.45, 7) is 2.44. The van der Waals surface area contributed by atoms with Gasteiger partial charge in [0.25, 0.3) is 10.0 Å². The summed E-state index contributed by atoms with van der Waals surface area (Å²) in [5.74, 6) is -1.16. The highest BCUT2D eigenvalue weighted by Gasteiger charge is 2.16. The van der Waals surface area contributed by atoms with E-state index in [0.717, 1.165) is 17.8 Å². The van der Waals surface area contributed by atoms with Gasteiger partial charge in [0.05, 0.1) is 18.3 Å². The highest BCUT2D eigenvalue weighted by molar-refractivity contribution is 7.89. The lowest BCUT2D eigenvalue weighted by Crippen LogP contribution is -2.28. The van der Waals surface area contributed by atoms with Gasteiger partial charge in [-0.15, -0.1) is 0 Å². The number of nitrogens with zero attached hydrogens (tertiary/aromatic N) is 3. The number of sulfonamides is 1. The molecule has 0 aliphatic rings. The Kier molecular flexibility index (Phi) is 4.34. The highest BCUT2D eigenvalue weighted by atomic mass is 32.2. The van der Waals surface area contributed by atoms with Crippen molar-refractivity contribution in [2.45, 2.75) is 18.5 Å². The molecule has 2 N–H and O–H groups in total. The van der Waals surface area contributed by atoms with Gasteiger partial charge in [-0.1, -0.05) is 0 Å². The van der Waals surface area contributed by atoms with Crippen molar-refractivity contribution in [1.29, 1.82) is 0 Å². The first-order valence-electron chi connectivity index (χ1n) is 6.06. The quantitative estimate of drug-likeness (QED) is 0.791. The number of carbonyl (C=O) groups is 1. The van der Waals surface area contributed by atoms with E-state index in [9.17, 15) is 13.2 Å². The molecule has 2 aromatic heterocycles. The molecule has 0 bridgehead atoms. The van der Waals surface area contributed by atoms with Crippen molar-refractivity contribution >= 4 is 16.0 Å². The SMILES string of the molecule is Cc1cnn(CCNS(=O)(=O)c2ccc(C(=O)O)cn2)c1. The summed E-state index contributed by atoms with van der Waals surface area (Å²) in [5, 5.41) is 12.6. The maximum atomic E-state index is 12.0. The van der Waals surface area contributed by atoms with Crippen LogP contribution in [-0.2, 0) is 16.6 Å². The Morgan fingerprint density at radius 3 is 2.67 bits per heavy atom. The molecule has 2 heterocycles. The molecule has 112 valence electrons. The lowest BCUT2D eigenvalue weighted by atomic mass is 10.3. The van der Waals surface area contributed by atoms with Crippen LogP contribution >= 0.6 is 0 Å². The monoisotopic (exact) mass is 310 g/mol. The molecule has 2 aromatic rings. The lowest BCUT2D eigenvalue weighted by molar-refractivity contribution is 0.0696. The minimum atomic E-state index is -3.76. The number of aromatic nitrogens is 3. The minimum absolute atomic E-state index is 0.0685. The average molecular weight is 310 g/mol. The van der Waals surface area contributed by atoms with E-state index in [4.69, 9.17) is 5.11 Å². The van der Waals surface area contributed by atoms with Gasteiger partial charge in [-0.3, -0.25) is 4.68 Å². The van der Waals surface area contributed by atoms with Gasteiger partial charge >= 0.3 is 5.97 Å². The fourth-order valence-corrected chi connectivity index (χ4v) is 2.57. The Bertz CT molecular complexity index is 737. The lowest BCUT2D eigenvalue weighted by Gasteiger charge is -2.06. The van der Waals surface area contributed by atoms with Crippen LogP contribution in [0.15, 0.2) is 35.7 Å². The molecule has 0 saturated heterocycles. The zero-order valence-corrected chi connectivity index (χ0v) is 12.0. The Balaban J connectivity index is 1.99. The van der Waals surface area contributed by atoms with E-state index in [-0.39, 0.29) is 17.1 Å². The van der Waals surface area contributed by atoms with Gasteiger partial charge in [-0.2, -0.15) is 5.10 Å². The van der Waals surface area contributed by atoms with E-state index in [1.54, 1.807) is 17.1 Å². The Hall–Kier alpha value is -2.26. The van der Waals surface area contributed by atoms with Crippen molar-refractivity contribution in [2.24, 2.45) is 0 Å².